The largest absolute Gasteiger partial charge is 0.392 e. The van der Waals surface area contributed by atoms with Crippen LogP contribution in [0.25, 0.3) is 0 Å². The predicted octanol–water partition coefficient (Wildman–Crippen LogP) is 3.62. The van der Waals surface area contributed by atoms with Gasteiger partial charge in [-0.2, -0.15) is 0 Å². The fourth-order valence-corrected chi connectivity index (χ4v) is 0.583. The van der Waals surface area contributed by atoms with Gasteiger partial charge in [0.05, 0.1) is 6.61 Å². The highest BCUT2D eigenvalue weighted by Gasteiger charge is 1.81. The van der Waals surface area contributed by atoms with Crippen LogP contribution in [0.1, 0.15) is 39.7 Å². The number of aliphatic hydroxyl groups is 1. The molecular weight excluding hydrogens is 160 g/mol. The minimum absolute atomic E-state index is 0.140. The van der Waals surface area contributed by atoms with Gasteiger partial charge in [0, 0.05) is 0 Å². The molecule has 0 radical (unpaired) electrons. The Labute approximate surface area is 82.4 Å². The highest BCUT2D eigenvalue weighted by atomic mass is 16.3. The van der Waals surface area contributed by atoms with E-state index in [4.69, 9.17) is 5.11 Å². The van der Waals surface area contributed by atoms with E-state index in [2.05, 4.69) is 13.8 Å². The van der Waals surface area contributed by atoms with Gasteiger partial charge in [0.15, 0.2) is 0 Å². The molecule has 0 saturated carbocycles. The second kappa shape index (κ2) is 13.7. The van der Waals surface area contributed by atoms with Gasteiger partial charge in [0.25, 0.3) is 0 Å². The molecule has 0 spiro atoms. The van der Waals surface area contributed by atoms with Gasteiger partial charge in [-0.3, -0.25) is 0 Å². The summed E-state index contributed by atoms with van der Waals surface area (Å²) >= 11 is 0. The SMILES string of the molecule is CC.CCC.OCc1ccccc1. The van der Waals surface area contributed by atoms with E-state index in [9.17, 15) is 0 Å². The van der Waals surface area contributed by atoms with Crippen LogP contribution in [0.15, 0.2) is 30.3 Å². The minimum Gasteiger partial charge on any atom is -0.392 e. The maximum absolute atomic E-state index is 8.54. The normalized spacial score (nSPS) is 7.46. The van der Waals surface area contributed by atoms with E-state index >= 15 is 0 Å². The van der Waals surface area contributed by atoms with Crippen molar-refractivity contribution in [2.75, 3.05) is 0 Å². The van der Waals surface area contributed by atoms with Gasteiger partial charge >= 0.3 is 0 Å². The van der Waals surface area contributed by atoms with Crippen molar-refractivity contribution in [3.63, 3.8) is 0 Å². The Morgan fingerprint density at radius 2 is 1.38 bits per heavy atom. The quantitative estimate of drug-likeness (QED) is 0.703. The van der Waals surface area contributed by atoms with Crippen molar-refractivity contribution in [2.24, 2.45) is 0 Å². The van der Waals surface area contributed by atoms with Crippen LogP contribution in [0.3, 0.4) is 0 Å². The van der Waals surface area contributed by atoms with Crippen molar-refractivity contribution in [1.82, 2.24) is 0 Å². The fraction of sp³-hybridized carbons (Fsp3) is 0.500. The predicted molar refractivity (Wildman–Crippen MR) is 59.7 cm³/mol. The minimum atomic E-state index is 0.140. The Kier molecular flexibility index (Phi) is 15.5. The first-order chi connectivity index (χ1) is 6.35. The van der Waals surface area contributed by atoms with E-state index in [-0.39, 0.29) is 6.61 Å². The molecule has 0 aliphatic carbocycles. The summed E-state index contributed by atoms with van der Waals surface area (Å²) in [5, 5.41) is 8.54. The second-order valence-electron chi connectivity index (χ2n) is 2.35. The van der Waals surface area contributed by atoms with Crippen molar-refractivity contribution in [3.05, 3.63) is 35.9 Å². The molecule has 0 aliphatic rings. The first-order valence-electron chi connectivity index (χ1n) is 4.99. The zero-order valence-electron chi connectivity index (χ0n) is 9.25. The Morgan fingerprint density at radius 1 is 1.00 bits per heavy atom. The zero-order chi connectivity index (χ0) is 10.5. The van der Waals surface area contributed by atoms with Crippen LogP contribution in [0.2, 0.25) is 0 Å². The first-order valence-corrected chi connectivity index (χ1v) is 4.99. The second-order valence-corrected chi connectivity index (χ2v) is 2.35. The standard InChI is InChI=1S/C7H8O.C3H8.C2H6/c8-6-7-4-2-1-3-5-7;1-3-2;1-2/h1-5,8H,6H2;3H2,1-2H3;1-2H3. The summed E-state index contributed by atoms with van der Waals surface area (Å²) in [7, 11) is 0. The monoisotopic (exact) mass is 182 g/mol. The van der Waals surface area contributed by atoms with E-state index in [0.717, 1.165) is 5.56 Å². The molecule has 0 aromatic heterocycles. The van der Waals surface area contributed by atoms with E-state index < -0.39 is 0 Å². The average Bonchev–Trinajstić information content (AvgIpc) is 2.23. The molecule has 1 nitrogen and oxygen atoms in total. The first kappa shape index (κ1) is 14.7. The topological polar surface area (TPSA) is 20.2 Å². The Morgan fingerprint density at radius 3 is 1.62 bits per heavy atom. The molecular formula is C12H22O. The van der Waals surface area contributed by atoms with Gasteiger partial charge in [-0.15, -0.1) is 0 Å². The maximum atomic E-state index is 8.54. The van der Waals surface area contributed by atoms with Crippen LogP contribution >= 0.6 is 0 Å². The van der Waals surface area contributed by atoms with Crippen molar-refractivity contribution in [1.29, 1.82) is 0 Å². The summed E-state index contributed by atoms with van der Waals surface area (Å²) in [5.41, 5.74) is 0.965. The lowest BCUT2D eigenvalue weighted by molar-refractivity contribution is 0.282. The Hall–Kier alpha value is -0.820. The summed E-state index contributed by atoms with van der Waals surface area (Å²) in [6.07, 6.45) is 1.25. The molecule has 1 aromatic rings. The molecule has 0 aliphatic heterocycles. The van der Waals surface area contributed by atoms with E-state index in [1.54, 1.807) is 0 Å². The van der Waals surface area contributed by atoms with Gasteiger partial charge < -0.3 is 5.11 Å². The molecule has 1 heteroatoms. The van der Waals surface area contributed by atoms with Crippen LogP contribution < -0.4 is 0 Å². The van der Waals surface area contributed by atoms with Crippen LogP contribution in [0, 0.1) is 0 Å². The molecule has 0 saturated heterocycles. The molecule has 0 amide bonds. The number of hydrogen-bond acceptors (Lipinski definition) is 1. The highest BCUT2D eigenvalue weighted by molar-refractivity contribution is 5.12. The summed E-state index contributed by atoms with van der Waals surface area (Å²) in [5.74, 6) is 0. The lowest BCUT2D eigenvalue weighted by atomic mass is 10.2. The van der Waals surface area contributed by atoms with Crippen LogP contribution in [-0.4, -0.2) is 5.11 Å². The third-order valence-corrected chi connectivity index (χ3v) is 1.03. The van der Waals surface area contributed by atoms with Crippen molar-refractivity contribution < 1.29 is 5.11 Å². The summed E-state index contributed by atoms with van der Waals surface area (Å²) < 4.78 is 0. The van der Waals surface area contributed by atoms with E-state index in [0.29, 0.717) is 0 Å². The van der Waals surface area contributed by atoms with Crippen molar-refractivity contribution >= 4 is 0 Å². The lowest BCUT2D eigenvalue weighted by Gasteiger charge is -1.89. The fourth-order valence-electron chi connectivity index (χ4n) is 0.583. The van der Waals surface area contributed by atoms with Gasteiger partial charge in [0.1, 0.15) is 0 Å². The summed E-state index contributed by atoms with van der Waals surface area (Å²) in [4.78, 5) is 0. The van der Waals surface area contributed by atoms with E-state index in [1.807, 2.05) is 44.2 Å². The zero-order valence-corrected chi connectivity index (χ0v) is 9.25. The third-order valence-electron chi connectivity index (χ3n) is 1.03. The third kappa shape index (κ3) is 11.2. The molecule has 1 rings (SSSR count). The summed E-state index contributed by atoms with van der Waals surface area (Å²) in [6.45, 7) is 8.39. The number of hydrogen-bond donors (Lipinski definition) is 1. The van der Waals surface area contributed by atoms with E-state index in [1.165, 1.54) is 6.42 Å². The Balaban J connectivity index is 0. The molecule has 1 N–H and O–H groups in total. The molecule has 0 atom stereocenters. The molecule has 0 unspecified atom stereocenters. The van der Waals surface area contributed by atoms with Crippen LogP contribution in [0.5, 0.6) is 0 Å². The lowest BCUT2D eigenvalue weighted by Crippen LogP contribution is -1.77. The molecule has 0 heterocycles. The average molecular weight is 182 g/mol. The number of benzene rings is 1. The van der Waals surface area contributed by atoms with Gasteiger partial charge in [-0.25, -0.2) is 0 Å². The van der Waals surface area contributed by atoms with Crippen LogP contribution in [-0.2, 0) is 6.61 Å². The molecule has 13 heavy (non-hydrogen) atoms. The van der Waals surface area contributed by atoms with Gasteiger partial charge in [-0.05, 0) is 5.56 Å². The summed E-state index contributed by atoms with van der Waals surface area (Å²) in [6, 6.07) is 9.52. The highest BCUT2D eigenvalue weighted by Crippen LogP contribution is 1.95. The van der Waals surface area contributed by atoms with Crippen LogP contribution in [0.4, 0.5) is 0 Å². The number of aliphatic hydroxyl groups excluding tert-OH is 1. The van der Waals surface area contributed by atoms with Gasteiger partial charge in [0.2, 0.25) is 0 Å². The van der Waals surface area contributed by atoms with Crippen molar-refractivity contribution in [2.45, 2.75) is 40.7 Å². The van der Waals surface area contributed by atoms with Crippen molar-refractivity contribution in [3.8, 4) is 0 Å². The molecule has 76 valence electrons. The smallest absolute Gasteiger partial charge is 0.0681 e. The molecule has 1 aromatic carbocycles. The van der Waals surface area contributed by atoms with Gasteiger partial charge in [-0.1, -0.05) is 64.4 Å². The molecule has 0 fully saturated rings. The maximum Gasteiger partial charge on any atom is 0.0681 e. The molecule has 0 bridgehead atoms. The Bertz CT molecular complexity index is 158. The number of rotatable bonds is 1.